The Morgan fingerprint density at radius 1 is 1.06 bits per heavy atom. The van der Waals surface area contributed by atoms with Gasteiger partial charge in [0.2, 0.25) is 11.0 Å². The smallest absolute Gasteiger partial charge is 0.253 e. The first-order valence-corrected chi connectivity index (χ1v) is 12.6. The molecule has 2 aromatic carbocycles. The van der Waals surface area contributed by atoms with Gasteiger partial charge in [0.25, 0.3) is 5.91 Å². The topological polar surface area (TPSA) is 75.2 Å². The highest BCUT2D eigenvalue weighted by molar-refractivity contribution is 7.15. The predicted molar refractivity (Wildman–Crippen MR) is 138 cm³/mol. The molecule has 35 heavy (non-hydrogen) atoms. The van der Waals surface area contributed by atoms with E-state index in [-0.39, 0.29) is 17.6 Å². The Bertz CT molecular complexity index is 1330. The van der Waals surface area contributed by atoms with Crippen LogP contribution in [0.5, 0.6) is 0 Å². The summed E-state index contributed by atoms with van der Waals surface area (Å²) in [6.45, 7) is 3.69. The van der Waals surface area contributed by atoms with Crippen molar-refractivity contribution in [1.29, 1.82) is 0 Å². The largest absolute Gasteiger partial charge is 0.345 e. The number of aromatic nitrogens is 2. The molecule has 9 heteroatoms. The summed E-state index contributed by atoms with van der Waals surface area (Å²) in [4.78, 5) is 29.0. The van der Waals surface area contributed by atoms with Crippen molar-refractivity contribution in [2.45, 2.75) is 19.8 Å². The number of amides is 2. The molecule has 6 nitrogen and oxygen atoms in total. The summed E-state index contributed by atoms with van der Waals surface area (Å²) >= 11 is 2.79. The zero-order valence-electron chi connectivity index (χ0n) is 19.8. The van der Waals surface area contributed by atoms with Crippen LogP contribution < -0.4 is 5.32 Å². The minimum absolute atomic E-state index is 0.0576. The van der Waals surface area contributed by atoms with E-state index in [1.54, 1.807) is 49.1 Å². The quantitative estimate of drug-likeness (QED) is 0.337. The highest BCUT2D eigenvalue weighted by Gasteiger charge is 2.40. The van der Waals surface area contributed by atoms with E-state index in [1.165, 1.54) is 28.4 Å². The minimum atomic E-state index is -0.927. The van der Waals surface area contributed by atoms with Gasteiger partial charge in [0, 0.05) is 35.3 Å². The van der Waals surface area contributed by atoms with E-state index in [4.69, 9.17) is 0 Å². The molecule has 1 atom stereocenters. The van der Waals surface area contributed by atoms with E-state index in [2.05, 4.69) is 15.5 Å². The van der Waals surface area contributed by atoms with Gasteiger partial charge in [-0.05, 0) is 47.5 Å². The van der Waals surface area contributed by atoms with E-state index in [0.29, 0.717) is 16.3 Å². The van der Waals surface area contributed by atoms with Crippen LogP contribution in [0, 0.1) is 11.2 Å². The lowest BCUT2D eigenvalue weighted by Crippen LogP contribution is -2.36. The summed E-state index contributed by atoms with van der Waals surface area (Å²) < 4.78 is 14.2. The first kappa shape index (κ1) is 24.7. The van der Waals surface area contributed by atoms with Gasteiger partial charge in [-0.3, -0.25) is 9.59 Å². The number of nitrogens with one attached hydrogen (secondary N) is 1. The summed E-state index contributed by atoms with van der Waals surface area (Å²) in [6.07, 6.45) is 0. The average molecular weight is 509 g/mol. The van der Waals surface area contributed by atoms with Gasteiger partial charge >= 0.3 is 0 Å². The summed E-state index contributed by atoms with van der Waals surface area (Å²) in [6, 6.07) is 17.8. The Morgan fingerprint density at radius 2 is 1.80 bits per heavy atom. The van der Waals surface area contributed by atoms with Crippen molar-refractivity contribution in [3.05, 3.63) is 88.0 Å². The van der Waals surface area contributed by atoms with Crippen LogP contribution in [0.25, 0.3) is 10.4 Å². The Labute approximate surface area is 211 Å². The van der Waals surface area contributed by atoms with Crippen molar-refractivity contribution in [1.82, 2.24) is 15.1 Å². The highest BCUT2D eigenvalue weighted by atomic mass is 32.1. The van der Waals surface area contributed by atoms with Crippen molar-refractivity contribution in [3.63, 3.8) is 0 Å². The van der Waals surface area contributed by atoms with Gasteiger partial charge in [-0.25, -0.2) is 4.39 Å². The molecule has 4 aromatic rings. The van der Waals surface area contributed by atoms with E-state index >= 15 is 0 Å². The number of hydrogen-bond donors (Lipinski definition) is 1. The van der Waals surface area contributed by atoms with Crippen LogP contribution in [0.3, 0.4) is 0 Å². The molecule has 0 saturated heterocycles. The fourth-order valence-electron chi connectivity index (χ4n) is 3.94. The van der Waals surface area contributed by atoms with Crippen LogP contribution in [-0.4, -0.2) is 41.0 Å². The molecule has 180 valence electrons. The Morgan fingerprint density at radius 3 is 2.43 bits per heavy atom. The molecule has 2 amide bonds. The number of carbonyl (C=O) groups is 2. The number of halogens is 1. The lowest BCUT2D eigenvalue weighted by atomic mass is 9.73. The number of benzene rings is 2. The van der Waals surface area contributed by atoms with Crippen LogP contribution in [0.15, 0.2) is 66.2 Å². The Balaban J connectivity index is 1.70. The van der Waals surface area contributed by atoms with Gasteiger partial charge in [-0.1, -0.05) is 49.4 Å². The molecule has 1 N–H and O–H groups in total. The van der Waals surface area contributed by atoms with Crippen molar-refractivity contribution < 1.29 is 14.0 Å². The number of nitrogens with zero attached hydrogens (tertiary/aromatic N) is 3. The van der Waals surface area contributed by atoms with Crippen LogP contribution >= 0.6 is 22.7 Å². The second kappa shape index (κ2) is 10.1. The van der Waals surface area contributed by atoms with Gasteiger partial charge < -0.3 is 10.2 Å². The van der Waals surface area contributed by atoms with Crippen molar-refractivity contribution in [2.75, 3.05) is 19.4 Å². The number of rotatable bonds is 7. The van der Waals surface area contributed by atoms with Gasteiger partial charge in [0.1, 0.15) is 11.3 Å². The molecule has 1 unspecified atom stereocenters. The monoisotopic (exact) mass is 508 g/mol. The van der Waals surface area contributed by atoms with Gasteiger partial charge in [-0.15, -0.1) is 21.5 Å². The zero-order valence-corrected chi connectivity index (χ0v) is 21.4. The van der Waals surface area contributed by atoms with Crippen LogP contribution in [0.1, 0.15) is 40.6 Å². The predicted octanol–water partition coefficient (Wildman–Crippen LogP) is 5.90. The van der Waals surface area contributed by atoms with Crippen LogP contribution in [-0.2, 0) is 4.79 Å². The van der Waals surface area contributed by atoms with Gasteiger partial charge in [-0.2, -0.15) is 0 Å². The fraction of sp³-hybridized carbons (Fsp3) is 0.231. The van der Waals surface area contributed by atoms with Gasteiger partial charge in [0.05, 0.1) is 5.41 Å². The van der Waals surface area contributed by atoms with E-state index in [9.17, 15) is 14.0 Å². The molecule has 2 aromatic heterocycles. The van der Waals surface area contributed by atoms with E-state index < -0.39 is 11.3 Å². The lowest BCUT2D eigenvalue weighted by molar-refractivity contribution is -0.124. The van der Waals surface area contributed by atoms with Crippen molar-refractivity contribution in [3.8, 4) is 10.4 Å². The molecule has 2 heterocycles. The van der Waals surface area contributed by atoms with E-state index in [1.807, 2.05) is 44.2 Å². The molecule has 0 saturated carbocycles. The number of thiophene rings is 1. The average Bonchev–Trinajstić information content (AvgIpc) is 3.51. The molecule has 0 bridgehead atoms. The molecule has 0 fully saturated rings. The zero-order chi connectivity index (χ0) is 25.2. The molecule has 0 spiro atoms. The third-order valence-electron chi connectivity index (χ3n) is 5.80. The third kappa shape index (κ3) is 5.31. The molecule has 4 rings (SSSR count). The maximum atomic E-state index is 14.2. The van der Waals surface area contributed by atoms with E-state index in [0.717, 1.165) is 15.3 Å². The number of anilines is 1. The Hall–Kier alpha value is -3.43. The first-order valence-electron chi connectivity index (χ1n) is 10.9. The maximum Gasteiger partial charge on any atom is 0.253 e. The lowest BCUT2D eigenvalue weighted by Gasteiger charge is -2.32. The molecular weight excluding hydrogens is 483 g/mol. The second-order valence-electron chi connectivity index (χ2n) is 8.89. The van der Waals surface area contributed by atoms with Crippen molar-refractivity contribution in [2.24, 2.45) is 5.41 Å². The fourth-order valence-corrected chi connectivity index (χ4v) is 5.71. The molecule has 0 radical (unpaired) electrons. The molecule has 0 aliphatic carbocycles. The summed E-state index contributed by atoms with van der Waals surface area (Å²) in [5.74, 6) is -1.05. The molecule has 0 aliphatic heterocycles. The second-order valence-corrected chi connectivity index (χ2v) is 10.8. The molecule has 0 aliphatic rings. The highest BCUT2D eigenvalue weighted by Crippen LogP contribution is 2.46. The maximum absolute atomic E-state index is 14.2. The standard InChI is InChI=1S/C26H25FN4O2S2/c1-26(2,24(33)29-25-30-28-15-34-25)22(18-6-5-7-19(27)14-18)21-13-12-20(35-21)16-8-10-17(11-9-16)23(32)31(3)4/h5-15,22H,1-4H3,(H,29,30,33). The minimum Gasteiger partial charge on any atom is -0.345 e. The Kier molecular flexibility index (Phi) is 7.09. The summed E-state index contributed by atoms with van der Waals surface area (Å²) in [7, 11) is 3.44. The summed E-state index contributed by atoms with van der Waals surface area (Å²) in [5.41, 5.74) is 2.91. The normalized spacial score (nSPS) is 12.3. The molecular formula is C26H25FN4O2S2. The van der Waals surface area contributed by atoms with Crippen molar-refractivity contribution >= 4 is 39.6 Å². The van der Waals surface area contributed by atoms with Gasteiger partial charge in [0.15, 0.2) is 0 Å². The third-order valence-corrected chi connectivity index (χ3v) is 7.61. The number of hydrogen-bond acceptors (Lipinski definition) is 6. The SMILES string of the molecule is CN(C)C(=O)c1ccc(-c2ccc(C(c3cccc(F)c3)C(C)(C)C(=O)Nc3nncs3)s2)cc1. The number of carbonyl (C=O) groups excluding carboxylic acids is 2. The van der Waals surface area contributed by atoms with Crippen LogP contribution in [0.4, 0.5) is 9.52 Å². The van der Waals surface area contributed by atoms with Crippen LogP contribution in [0.2, 0.25) is 0 Å². The first-order chi connectivity index (χ1) is 16.7. The summed E-state index contributed by atoms with van der Waals surface area (Å²) in [5, 5.41) is 11.0.